The molecule has 0 saturated heterocycles. The first kappa shape index (κ1) is 28.8. The van der Waals surface area contributed by atoms with Crippen molar-refractivity contribution < 1.29 is 0 Å². The van der Waals surface area contributed by atoms with Crippen molar-refractivity contribution in [1.82, 2.24) is 0 Å². The van der Waals surface area contributed by atoms with Gasteiger partial charge in [-0.15, -0.1) is 0 Å². The van der Waals surface area contributed by atoms with Gasteiger partial charge < -0.3 is 4.90 Å². The third kappa shape index (κ3) is 5.32. The van der Waals surface area contributed by atoms with E-state index in [0.717, 1.165) is 17.1 Å². The van der Waals surface area contributed by atoms with Crippen LogP contribution >= 0.6 is 0 Å². The summed E-state index contributed by atoms with van der Waals surface area (Å²) in [5.74, 6) is 0. The van der Waals surface area contributed by atoms with Gasteiger partial charge in [0.05, 0.1) is 5.69 Å². The number of hydrogen-bond acceptors (Lipinski definition) is 1. The second-order valence-corrected chi connectivity index (χ2v) is 12.6. The highest BCUT2D eigenvalue weighted by molar-refractivity contribution is 6.01. The molecule has 0 amide bonds. The minimum Gasteiger partial charge on any atom is -0.310 e. The zero-order chi connectivity index (χ0) is 32.6. The standard InChI is InChI=1S/C48H33N/c1-2-13-36(14-3-1)46-32-38-17-4-5-18-39(38)33-47(46)40-21-10-22-42(31-40)49(48-26-12-20-35-16-7-9-24-45(35)48)41-29-27-37(28-30-41)44-25-11-19-34-15-6-8-23-43(34)44/h1-33H. The molecule has 0 aliphatic rings. The third-order valence-electron chi connectivity index (χ3n) is 9.62. The number of benzene rings is 9. The van der Waals surface area contributed by atoms with Gasteiger partial charge in [0.2, 0.25) is 0 Å². The summed E-state index contributed by atoms with van der Waals surface area (Å²) in [6, 6.07) is 72.5. The maximum Gasteiger partial charge on any atom is 0.0540 e. The molecule has 0 unspecified atom stereocenters. The van der Waals surface area contributed by atoms with Crippen molar-refractivity contribution in [1.29, 1.82) is 0 Å². The van der Waals surface area contributed by atoms with Crippen molar-refractivity contribution >= 4 is 49.4 Å². The van der Waals surface area contributed by atoms with E-state index in [-0.39, 0.29) is 0 Å². The summed E-state index contributed by atoms with van der Waals surface area (Å²) >= 11 is 0. The molecule has 0 N–H and O–H groups in total. The van der Waals surface area contributed by atoms with Crippen LogP contribution < -0.4 is 4.90 Å². The molecule has 0 saturated carbocycles. The highest BCUT2D eigenvalue weighted by Gasteiger charge is 2.18. The fourth-order valence-electron chi connectivity index (χ4n) is 7.25. The quantitative estimate of drug-likeness (QED) is 0.178. The molecular formula is C48H33N. The van der Waals surface area contributed by atoms with Crippen LogP contribution in [0.25, 0.3) is 65.7 Å². The monoisotopic (exact) mass is 623 g/mol. The van der Waals surface area contributed by atoms with Gasteiger partial charge in [0.15, 0.2) is 0 Å². The molecule has 1 nitrogen and oxygen atoms in total. The molecular weight excluding hydrogens is 591 g/mol. The van der Waals surface area contributed by atoms with Gasteiger partial charge >= 0.3 is 0 Å². The van der Waals surface area contributed by atoms with Gasteiger partial charge in [-0.25, -0.2) is 0 Å². The first-order chi connectivity index (χ1) is 24.3. The number of hydrogen-bond donors (Lipinski definition) is 0. The molecule has 0 heterocycles. The van der Waals surface area contributed by atoms with Gasteiger partial charge in [0.25, 0.3) is 0 Å². The van der Waals surface area contributed by atoms with E-state index in [1.165, 1.54) is 65.7 Å². The third-order valence-corrected chi connectivity index (χ3v) is 9.62. The number of anilines is 3. The Bertz CT molecular complexity index is 2590. The van der Waals surface area contributed by atoms with E-state index in [1.54, 1.807) is 0 Å². The first-order valence-electron chi connectivity index (χ1n) is 16.8. The predicted molar refractivity (Wildman–Crippen MR) is 210 cm³/mol. The Hall–Kier alpha value is -6.44. The van der Waals surface area contributed by atoms with Gasteiger partial charge in [-0.3, -0.25) is 0 Å². The van der Waals surface area contributed by atoms with Crippen LogP contribution in [-0.2, 0) is 0 Å². The summed E-state index contributed by atoms with van der Waals surface area (Å²) in [5, 5.41) is 7.42. The first-order valence-corrected chi connectivity index (χ1v) is 16.8. The van der Waals surface area contributed by atoms with E-state index < -0.39 is 0 Å². The second kappa shape index (κ2) is 12.3. The van der Waals surface area contributed by atoms with Crippen LogP contribution in [0.5, 0.6) is 0 Å². The molecule has 0 aliphatic carbocycles. The molecule has 0 bridgehead atoms. The Morgan fingerprint density at radius 3 is 1.51 bits per heavy atom. The normalized spacial score (nSPS) is 11.3. The molecule has 49 heavy (non-hydrogen) atoms. The average Bonchev–Trinajstić information content (AvgIpc) is 3.18. The molecule has 0 aliphatic heterocycles. The Morgan fingerprint density at radius 1 is 0.265 bits per heavy atom. The Labute approximate surface area is 287 Å². The lowest BCUT2D eigenvalue weighted by Crippen LogP contribution is -2.10. The average molecular weight is 624 g/mol. The summed E-state index contributed by atoms with van der Waals surface area (Å²) in [4.78, 5) is 2.40. The van der Waals surface area contributed by atoms with Crippen LogP contribution in [0, 0.1) is 0 Å². The van der Waals surface area contributed by atoms with Crippen LogP contribution in [0.4, 0.5) is 17.1 Å². The molecule has 0 aromatic heterocycles. The van der Waals surface area contributed by atoms with Crippen LogP contribution in [0.3, 0.4) is 0 Å². The zero-order valence-corrected chi connectivity index (χ0v) is 27.0. The van der Waals surface area contributed by atoms with E-state index in [2.05, 4.69) is 205 Å². The molecule has 0 spiro atoms. The smallest absolute Gasteiger partial charge is 0.0540 e. The molecule has 9 rings (SSSR count). The molecule has 0 atom stereocenters. The minimum absolute atomic E-state index is 1.11. The summed E-state index contributed by atoms with van der Waals surface area (Å²) in [5.41, 5.74) is 10.7. The lowest BCUT2D eigenvalue weighted by Gasteiger charge is -2.28. The maximum atomic E-state index is 2.40. The van der Waals surface area contributed by atoms with Gasteiger partial charge in [-0.1, -0.05) is 158 Å². The van der Waals surface area contributed by atoms with E-state index in [4.69, 9.17) is 0 Å². The van der Waals surface area contributed by atoms with E-state index >= 15 is 0 Å². The van der Waals surface area contributed by atoms with Gasteiger partial charge in [-0.2, -0.15) is 0 Å². The Kier molecular flexibility index (Phi) is 7.22. The van der Waals surface area contributed by atoms with Crippen molar-refractivity contribution in [2.45, 2.75) is 0 Å². The SMILES string of the molecule is c1ccc(-c2cc3ccccc3cc2-c2cccc(N(c3ccc(-c4cccc5ccccc45)cc3)c3cccc4ccccc34)c2)cc1. The number of rotatable bonds is 6. The minimum atomic E-state index is 1.11. The van der Waals surface area contributed by atoms with Crippen LogP contribution in [0.2, 0.25) is 0 Å². The predicted octanol–water partition coefficient (Wildman–Crippen LogP) is 13.6. The molecule has 0 radical (unpaired) electrons. The van der Waals surface area contributed by atoms with Crippen molar-refractivity contribution in [2.75, 3.05) is 4.90 Å². The van der Waals surface area contributed by atoms with Crippen LogP contribution in [-0.4, -0.2) is 0 Å². The topological polar surface area (TPSA) is 3.24 Å². The molecule has 0 fully saturated rings. The van der Waals surface area contributed by atoms with E-state index in [0.29, 0.717) is 0 Å². The highest BCUT2D eigenvalue weighted by atomic mass is 15.1. The van der Waals surface area contributed by atoms with Gasteiger partial charge in [0, 0.05) is 16.8 Å². The Morgan fingerprint density at radius 2 is 0.776 bits per heavy atom. The largest absolute Gasteiger partial charge is 0.310 e. The highest BCUT2D eigenvalue weighted by Crippen LogP contribution is 2.43. The van der Waals surface area contributed by atoms with Crippen molar-refractivity contribution in [3.8, 4) is 33.4 Å². The summed E-state index contributed by atoms with van der Waals surface area (Å²) in [7, 11) is 0. The van der Waals surface area contributed by atoms with E-state index in [1.807, 2.05) is 0 Å². The van der Waals surface area contributed by atoms with Crippen molar-refractivity contribution in [3.63, 3.8) is 0 Å². The van der Waals surface area contributed by atoms with E-state index in [9.17, 15) is 0 Å². The zero-order valence-electron chi connectivity index (χ0n) is 27.0. The molecule has 9 aromatic carbocycles. The molecule has 1 heteroatoms. The lowest BCUT2D eigenvalue weighted by atomic mass is 9.91. The Balaban J connectivity index is 1.22. The molecule has 230 valence electrons. The maximum absolute atomic E-state index is 2.40. The summed E-state index contributed by atoms with van der Waals surface area (Å²) in [6.07, 6.45) is 0. The summed E-state index contributed by atoms with van der Waals surface area (Å²) < 4.78 is 0. The van der Waals surface area contributed by atoms with Crippen LogP contribution in [0.1, 0.15) is 0 Å². The van der Waals surface area contributed by atoms with Gasteiger partial charge in [0.1, 0.15) is 0 Å². The fourth-order valence-corrected chi connectivity index (χ4v) is 7.25. The second-order valence-electron chi connectivity index (χ2n) is 12.6. The summed E-state index contributed by atoms with van der Waals surface area (Å²) in [6.45, 7) is 0. The number of nitrogens with zero attached hydrogens (tertiary/aromatic N) is 1. The van der Waals surface area contributed by atoms with Crippen molar-refractivity contribution in [3.05, 3.63) is 200 Å². The van der Waals surface area contributed by atoms with Gasteiger partial charge in [-0.05, 0) is 103 Å². The van der Waals surface area contributed by atoms with Crippen molar-refractivity contribution in [2.24, 2.45) is 0 Å². The molecule has 9 aromatic rings. The fraction of sp³-hybridized carbons (Fsp3) is 0. The number of fused-ring (bicyclic) bond motifs is 3. The van der Waals surface area contributed by atoms with Crippen LogP contribution in [0.15, 0.2) is 200 Å². The lowest BCUT2D eigenvalue weighted by molar-refractivity contribution is 1.30.